The van der Waals surface area contributed by atoms with Gasteiger partial charge in [-0.2, -0.15) is 0 Å². The first-order valence-corrected chi connectivity index (χ1v) is 5.97. The molecule has 0 amide bonds. The van der Waals surface area contributed by atoms with Crippen molar-refractivity contribution in [2.75, 3.05) is 40.4 Å². The molecule has 1 fully saturated rings. The highest BCUT2D eigenvalue weighted by atomic mass is 35.5. The molecule has 0 atom stereocenters. The lowest BCUT2D eigenvalue weighted by molar-refractivity contribution is 0.230. The van der Waals surface area contributed by atoms with Crippen molar-refractivity contribution in [3.8, 4) is 11.5 Å². The van der Waals surface area contributed by atoms with Crippen LogP contribution in [0.15, 0.2) is 18.2 Å². The molecule has 1 aliphatic rings. The van der Waals surface area contributed by atoms with Crippen molar-refractivity contribution < 1.29 is 9.47 Å². The van der Waals surface area contributed by atoms with E-state index in [9.17, 15) is 0 Å². The lowest BCUT2D eigenvalue weighted by atomic mass is 10.1. The van der Waals surface area contributed by atoms with Crippen LogP contribution in [0.1, 0.15) is 5.56 Å². The third kappa shape index (κ3) is 5.07. The molecule has 0 aromatic heterocycles. The van der Waals surface area contributed by atoms with Gasteiger partial charge in [0.1, 0.15) is 11.5 Å². The van der Waals surface area contributed by atoms with Gasteiger partial charge in [-0.25, -0.2) is 0 Å². The molecule has 6 heteroatoms. The maximum atomic E-state index is 5.41. The molecule has 2 rings (SSSR count). The molecular formula is C13H22Cl2N2O2. The standard InChI is InChI=1S/C13H20N2O2.2ClH/c1-16-12-4-3-11(13(9-12)17-2)10-15-7-5-14-6-8-15;;/h3-4,9,14H,5-8,10H2,1-2H3;2*1H. The molecule has 1 N–H and O–H groups in total. The second-order valence-electron chi connectivity index (χ2n) is 4.20. The van der Waals surface area contributed by atoms with Crippen LogP contribution in [0.5, 0.6) is 11.5 Å². The number of nitrogens with zero attached hydrogens (tertiary/aromatic N) is 1. The molecule has 4 nitrogen and oxygen atoms in total. The van der Waals surface area contributed by atoms with Crippen LogP contribution in [0.4, 0.5) is 0 Å². The van der Waals surface area contributed by atoms with Gasteiger partial charge in [0.2, 0.25) is 0 Å². The van der Waals surface area contributed by atoms with E-state index in [1.807, 2.05) is 12.1 Å². The van der Waals surface area contributed by atoms with Crippen molar-refractivity contribution >= 4 is 24.8 Å². The van der Waals surface area contributed by atoms with E-state index >= 15 is 0 Å². The van der Waals surface area contributed by atoms with E-state index in [-0.39, 0.29) is 24.8 Å². The van der Waals surface area contributed by atoms with Crippen LogP contribution < -0.4 is 14.8 Å². The number of nitrogens with one attached hydrogen (secondary N) is 1. The van der Waals surface area contributed by atoms with Crippen LogP contribution >= 0.6 is 24.8 Å². The maximum Gasteiger partial charge on any atom is 0.127 e. The predicted molar refractivity (Wildman–Crippen MR) is 82.2 cm³/mol. The Morgan fingerprint density at radius 1 is 1.11 bits per heavy atom. The van der Waals surface area contributed by atoms with Gasteiger partial charge in [0.05, 0.1) is 14.2 Å². The minimum absolute atomic E-state index is 0. The third-order valence-corrected chi connectivity index (χ3v) is 3.10. The molecule has 0 bridgehead atoms. The fourth-order valence-electron chi connectivity index (χ4n) is 2.09. The summed E-state index contributed by atoms with van der Waals surface area (Å²) in [6.07, 6.45) is 0. The molecule has 0 saturated carbocycles. The highest BCUT2D eigenvalue weighted by Crippen LogP contribution is 2.25. The van der Waals surface area contributed by atoms with Crippen LogP contribution in [0.25, 0.3) is 0 Å². The quantitative estimate of drug-likeness (QED) is 0.922. The molecular weight excluding hydrogens is 287 g/mol. The number of hydrogen-bond acceptors (Lipinski definition) is 4. The lowest BCUT2D eigenvalue weighted by Gasteiger charge is -2.27. The van der Waals surface area contributed by atoms with Crippen LogP contribution in [0.2, 0.25) is 0 Å². The van der Waals surface area contributed by atoms with Gasteiger partial charge in [0.15, 0.2) is 0 Å². The Hall–Kier alpha value is -0.680. The van der Waals surface area contributed by atoms with Crippen molar-refractivity contribution in [3.05, 3.63) is 23.8 Å². The van der Waals surface area contributed by atoms with Crippen molar-refractivity contribution in [2.24, 2.45) is 0 Å². The molecule has 1 heterocycles. The van der Waals surface area contributed by atoms with Crippen LogP contribution in [-0.4, -0.2) is 45.3 Å². The summed E-state index contributed by atoms with van der Waals surface area (Å²) in [7, 11) is 3.38. The largest absolute Gasteiger partial charge is 0.497 e. The zero-order valence-corrected chi connectivity index (χ0v) is 13.0. The summed E-state index contributed by atoms with van der Waals surface area (Å²) >= 11 is 0. The Kier molecular flexibility index (Phi) is 8.93. The second kappa shape index (κ2) is 9.26. The zero-order chi connectivity index (χ0) is 12.1. The van der Waals surface area contributed by atoms with E-state index in [1.54, 1.807) is 14.2 Å². The maximum absolute atomic E-state index is 5.41. The summed E-state index contributed by atoms with van der Waals surface area (Å²) in [6.45, 7) is 5.26. The number of piperazine rings is 1. The number of halogens is 2. The molecule has 0 spiro atoms. The van der Waals surface area contributed by atoms with Gasteiger partial charge in [-0.05, 0) is 6.07 Å². The zero-order valence-electron chi connectivity index (χ0n) is 11.3. The number of methoxy groups -OCH3 is 2. The smallest absolute Gasteiger partial charge is 0.127 e. The second-order valence-corrected chi connectivity index (χ2v) is 4.20. The summed E-state index contributed by atoms with van der Waals surface area (Å²) in [5.41, 5.74) is 1.22. The molecule has 1 aliphatic heterocycles. The number of hydrogen-bond donors (Lipinski definition) is 1. The van der Waals surface area contributed by atoms with Gasteiger partial charge in [-0.15, -0.1) is 24.8 Å². The minimum atomic E-state index is 0. The third-order valence-electron chi connectivity index (χ3n) is 3.10. The van der Waals surface area contributed by atoms with Crippen molar-refractivity contribution in [2.45, 2.75) is 6.54 Å². The van der Waals surface area contributed by atoms with Gasteiger partial charge in [-0.1, -0.05) is 6.07 Å². The number of ether oxygens (including phenoxy) is 2. The minimum Gasteiger partial charge on any atom is -0.497 e. The molecule has 110 valence electrons. The van der Waals surface area contributed by atoms with E-state index < -0.39 is 0 Å². The van der Waals surface area contributed by atoms with E-state index in [0.717, 1.165) is 44.2 Å². The first-order valence-electron chi connectivity index (χ1n) is 5.97. The lowest BCUT2D eigenvalue weighted by Crippen LogP contribution is -2.42. The molecule has 0 aliphatic carbocycles. The first-order chi connectivity index (χ1) is 8.33. The Labute approximate surface area is 127 Å². The Morgan fingerprint density at radius 3 is 2.37 bits per heavy atom. The average molecular weight is 309 g/mol. The normalized spacial score (nSPS) is 15.1. The van der Waals surface area contributed by atoms with E-state index in [1.165, 1.54) is 5.56 Å². The fraction of sp³-hybridized carbons (Fsp3) is 0.538. The molecule has 1 aromatic rings. The molecule has 0 unspecified atom stereocenters. The monoisotopic (exact) mass is 308 g/mol. The van der Waals surface area contributed by atoms with Gasteiger partial charge >= 0.3 is 0 Å². The summed E-state index contributed by atoms with van der Waals surface area (Å²) in [4.78, 5) is 2.43. The Morgan fingerprint density at radius 2 is 1.79 bits per heavy atom. The van der Waals surface area contributed by atoms with Gasteiger partial charge in [-0.3, -0.25) is 4.90 Å². The number of benzene rings is 1. The van der Waals surface area contributed by atoms with Gasteiger partial charge < -0.3 is 14.8 Å². The van der Waals surface area contributed by atoms with E-state index in [2.05, 4.69) is 16.3 Å². The molecule has 1 aromatic carbocycles. The molecule has 19 heavy (non-hydrogen) atoms. The predicted octanol–water partition coefficient (Wildman–Crippen LogP) is 1.95. The molecule has 1 saturated heterocycles. The summed E-state index contributed by atoms with van der Waals surface area (Å²) in [6, 6.07) is 6.01. The highest BCUT2D eigenvalue weighted by Gasteiger charge is 2.13. The topological polar surface area (TPSA) is 33.7 Å². The van der Waals surface area contributed by atoms with Gasteiger partial charge in [0.25, 0.3) is 0 Å². The Bertz CT molecular complexity index is 372. The summed E-state index contributed by atoms with van der Waals surface area (Å²) in [5.74, 6) is 1.74. The summed E-state index contributed by atoms with van der Waals surface area (Å²) < 4.78 is 10.6. The highest BCUT2D eigenvalue weighted by molar-refractivity contribution is 5.85. The molecule has 0 radical (unpaired) electrons. The Balaban J connectivity index is 0.00000162. The first kappa shape index (κ1) is 18.3. The van der Waals surface area contributed by atoms with Crippen molar-refractivity contribution in [1.82, 2.24) is 10.2 Å². The van der Waals surface area contributed by atoms with E-state index in [4.69, 9.17) is 9.47 Å². The van der Waals surface area contributed by atoms with Crippen LogP contribution in [0, 0.1) is 0 Å². The van der Waals surface area contributed by atoms with Crippen molar-refractivity contribution in [1.29, 1.82) is 0 Å². The van der Waals surface area contributed by atoms with E-state index in [0.29, 0.717) is 0 Å². The van der Waals surface area contributed by atoms with Crippen molar-refractivity contribution in [3.63, 3.8) is 0 Å². The average Bonchev–Trinajstić information content (AvgIpc) is 2.40. The van der Waals surface area contributed by atoms with Gasteiger partial charge in [0, 0.05) is 44.4 Å². The van der Waals surface area contributed by atoms with Crippen LogP contribution in [-0.2, 0) is 6.54 Å². The van der Waals surface area contributed by atoms with Crippen LogP contribution in [0.3, 0.4) is 0 Å². The summed E-state index contributed by atoms with van der Waals surface area (Å²) in [5, 5.41) is 3.35. The SMILES string of the molecule is COc1ccc(CN2CCNCC2)c(OC)c1.Cl.Cl. The fourth-order valence-corrected chi connectivity index (χ4v) is 2.09. The number of rotatable bonds is 4.